The molecule has 2 aliphatic heterocycles. The Kier molecular flexibility index (Phi) is 5.89. The van der Waals surface area contributed by atoms with Crippen LogP contribution in [0.4, 0.5) is 20.6 Å². The number of nitrogens with zero attached hydrogens (tertiary/aromatic N) is 2. The van der Waals surface area contributed by atoms with Gasteiger partial charge in [-0.25, -0.2) is 22.3 Å². The zero-order valence-electron chi connectivity index (χ0n) is 16.2. The molecular formula is C20H22FN3O5S. The fraction of sp³-hybridized carbons (Fsp3) is 0.350. The maximum absolute atomic E-state index is 14.7. The van der Waals surface area contributed by atoms with Crippen molar-refractivity contribution >= 4 is 27.5 Å². The van der Waals surface area contributed by atoms with Crippen molar-refractivity contribution in [2.24, 2.45) is 0 Å². The molecule has 2 fully saturated rings. The Labute approximate surface area is 174 Å². The van der Waals surface area contributed by atoms with E-state index in [0.717, 1.165) is 0 Å². The summed E-state index contributed by atoms with van der Waals surface area (Å²) >= 11 is 0. The molecule has 30 heavy (non-hydrogen) atoms. The Balaban J connectivity index is 1.40. The van der Waals surface area contributed by atoms with Gasteiger partial charge >= 0.3 is 6.09 Å². The summed E-state index contributed by atoms with van der Waals surface area (Å²) in [7, 11) is -3.71. The second-order valence-corrected chi connectivity index (χ2v) is 8.78. The highest BCUT2D eigenvalue weighted by molar-refractivity contribution is 7.89. The Bertz CT molecular complexity index is 1010. The molecule has 1 amide bonds. The van der Waals surface area contributed by atoms with Crippen LogP contribution < -0.4 is 14.5 Å². The highest BCUT2D eigenvalue weighted by atomic mass is 32.2. The van der Waals surface area contributed by atoms with E-state index in [1.54, 1.807) is 30.3 Å². The van der Waals surface area contributed by atoms with Crippen LogP contribution in [0.2, 0.25) is 0 Å². The first kappa shape index (κ1) is 20.6. The fourth-order valence-electron chi connectivity index (χ4n) is 3.45. The van der Waals surface area contributed by atoms with Gasteiger partial charge in [0, 0.05) is 19.6 Å². The molecule has 0 aliphatic carbocycles. The first-order valence-electron chi connectivity index (χ1n) is 9.59. The average molecular weight is 435 g/mol. The summed E-state index contributed by atoms with van der Waals surface area (Å²) in [5, 5.41) is 0. The van der Waals surface area contributed by atoms with Crippen LogP contribution >= 0.6 is 0 Å². The van der Waals surface area contributed by atoms with E-state index in [2.05, 4.69) is 4.72 Å². The van der Waals surface area contributed by atoms with Crippen molar-refractivity contribution in [3.63, 3.8) is 0 Å². The van der Waals surface area contributed by atoms with Crippen LogP contribution in [-0.4, -0.2) is 60.0 Å². The largest absolute Gasteiger partial charge is 0.443 e. The number of rotatable bonds is 6. The lowest BCUT2D eigenvalue weighted by Crippen LogP contribution is -2.37. The molecule has 10 heteroatoms. The highest BCUT2D eigenvalue weighted by Crippen LogP contribution is 2.28. The maximum atomic E-state index is 14.7. The summed E-state index contributed by atoms with van der Waals surface area (Å²) in [6.07, 6.45) is -1.32. The van der Waals surface area contributed by atoms with E-state index in [9.17, 15) is 17.6 Å². The number of hydrogen-bond acceptors (Lipinski definition) is 6. The Morgan fingerprint density at radius 3 is 2.53 bits per heavy atom. The summed E-state index contributed by atoms with van der Waals surface area (Å²) < 4.78 is 52.3. The molecule has 1 atom stereocenters. The van der Waals surface area contributed by atoms with Crippen LogP contribution in [0.3, 0.4) is 0 Å². The number of nitrogens with one attached hydrogen (secondary N) is 1. The number of carbonyl (C=O) groups excluding carboxylic acids is 1. The van der Waals surface area contributed by atoms with Crippen molar-refractivity contribution in [2.45, 2.75) is 11.0 Å². The van der Waals surface area contributed by atoms with Gasteiger partial charge in [0.25, 0.3) is 0 Å². The standard InChI is InChI=1S/C20H22FN3O5S/c21-18-12-15(6-7-19(18)23-8-10-28-11-9-23)24-14-16(29-20(24)25)13-22-30(26,27)17-4-2-1-3-5-17/h1-7,12,16,22H,8-11,13-14H2. The van der Waals surface area contributed by atoms with E-state index in [4.69, 9.17) is 9.47 Å². The van der Waals surface area contributed by atoms with Crippen LogP contribution in [-0.2, 0) is 19.5 Å². The first-order valence-corrected chi connectivity index (χ1v) is 11.1. The third kappa shape index (κ3) is 4.40. The lowest BCUT2D eigenvalue weighted by Gasteiger charge is -2.29. The molecule has 2 aromatic rings. The summed E-state index contributed by atoms with van der Waals surface area (Å²) in [4.78, 5) is 15.6. The minimum absolute atomic E-state index is 0.0756. The van der Waals surface area contributed by atoms with E-state index in [1.165, 1.54) is 23.1 Å². The number of hydrogen-bond donors (Lipinski definition) is 1. The number of anilines is 2. The molecule has 4 rings (SSSR count). The number of carbonyl (C=O) groups is 1. The Hall–Kier alpha value is -2.69. The molecular weight excluding hydrogens is 413 g/mol. The molecule has 0 bridgehead atoms. The molecule has 1 N–H and O–H groups in total. The van der Waals surface area contributed by atoms with Crippen LogP contribution in [0, 0.1) is 5.82 Å². The highest BCUT2D eigenvalue weighted by Gasteiger charge is 2.33. The minimum Gasteiger partial charge on any atom is -0.443 e. The third-order valence-electron chi connectivity index (χ3n) is 5.02. The zero-order valence-corrected chi connectivity index (χ0v) is 17.0. The lowest BCUT2D eigenvalue weighted by atomic mass is 10.2. The predicted octanol–water partition coefficient (Wildman–Crippen LogP) is 1.97. The lowest BCUT2D eigenvalue weighted by molar-refractivity contribution is 0.122. The topological polar surface area (TPSA) is 88.2 Å². The number of cyclic esters (lactones) is 1. The van der Waals surface area contributed by atoms with Crippen molar-refractivity contribution in [3.05, 3.63) is 54.3 Å². The molecule has 1 unspecified atom stereocenters. The first-order chi connectivity index (χ1) is 14.4. The fourth-order valence-corrected chi connectivity index (χ4v) is 4.54. The summed E-state index contributed by atoms with van der Waals surface area (Å²) in [6, 6.07) is 12.5. The average Bonchev–Trinajstić information content (AvgIpc) is 3.14. The predicted molar refractivity (Wildman–Crippen MR) is 109 cm³/mol. The molecule has 2 aromatic carbocycles. The third-order valence-corrected chi connectivity index (χ3v) is 6.46. The van der Waals surface area contributed by atoms with E-state index in [0.29, 0.717) is 37.7 Å². The number of morpholine rings is 1. The molecule has 160 valence electrons. The maximum Gasteiger partial charge on any atom is 0.414 e. The molecule has 0 aromatic heterocycles. The summed E-state index contributed by atoms with van der Waals surface area (Å²) in [5.74, 6) is -0.435. The monoisotopic (exact) mass is 435 g/mol. The van der Waals surface area contributed by atoms with Gasteiger partial charge in [-0.15, -0.1) is 0 Å². The summed E-state index contributed by atoms with van der Waals surface area (Å²) in [5.41, 5.74) is 0.824. The molecule has 0 saturated carbocycles. The van der Waals surface area contributed by atoms with E-state index < -0.39 is 28.0 Å². The molecule has 2 saturated heterocycles. The quantitative estimate of drug-likeness (QED) is 0.747. The minimum atomic E-state index is -3.71. The number of benzene rings is 2. The SMILES string of the molecule is O=C1OC(CNS(=O)(=O)c2ccccc2)CN1c1ccc(N2CCOCC2)c(F)c1. The van der Waals surface area contributed by atoms with Gasteiger partial charge in [-0.2, -0.15) is 0 Å². The molecule has 8 nitrogen and oxygen atoms in total. The van der Waals surface area contributed by atoms with Crippen LogP contribution in [0.1, 0.15) is 0 Å². The number of halogens is 1. The van der Waals surface area contributed by atoms with Gasteiger partial charge in [-0.1, -0.05) is 18.2 Å². The number of sulfonamides is 1. The second kappa shape index (κ2) is 8.58. The Morgan fingerprint density at radius 1 is 1.10 bits per heavy atom. The normalized spacial score (nSPS) is 19.8. The van der Waals surface area contributed by atoms with E-state index in [-0.39, 0.29) is 18.0 Å². The summed E-state index contributed by atoms with van der Waals surface area (Å²) in [6.45, 7) is 2.33. The van der Waals surface area contributed by atoms with E-state index in [1.807, 2.05) is 4.90 Å². The van der Waals surface area contributed by atoms with Gasteiger partial charge in [-0.3, -0.25) is 4.90 Å². The van der Waals surface area contributed by atoms with Crippen molar-refractivity contribution in [3.8, 4) is 0 Å². The van der Waals surface area contributed by atoms with Crippen LogP contribution in [0.15, 0.2) is 53.4 Å². The van der Waals surface area contributed by atoms with Gasteiger partial charge in [0.05, 0.1) is 36.0 Å². The van der Waals surface area contributed by atoms with Gasteiger partial charge in [-0.05, 0) is 30.3 Å². The van der Waals surface area contributed by atoms with Gasteiger partial charge in [0.2, 0.25) is 10.0 Å². The van der Waals surface area contributed by atoms with Gasteiger partial charge < -0.3 is 14.4 Å². The molecule has 0 spiro atoms. The van der Waals surface area contributed by atoms with Gasteiger partial charge in [0.1, 0.15) is 11.9 Å². The zero-order chi connectivity index (χ0) is 21.1. The van der Waals surface area contributed by atoms with E-state index >= 15 is 0 Å². The number of ether oxygens (including phenoxy) is 2. The van der Waals surface area contributed by atoms with Crippen molar-refractivity contribution in [2.75, 3.05) is 49.2 Å². The molecule has 2 heterocycles. The Morgan fingerprint density at radius 2 is 1.83 bits per heavy atom. The smallest absolute Gasteiger partial charge is 0.414 e. The van der Waals surface area contributed by atoms with Crippen LogP contribution in [0.5, 0.6) is 0 Å². The number of amides is 1. The van der Waals surface area contributed by atoms with Crippen LogP contribution in [0.25, 0.3) is 0 Å². The molecule has 0 radical (unpaired) electrons. The van der Waals surface area contributed by atoms with Crippen molar-refractivity contribution in [1.29, 1.82) is 0 Å². The molecule has 2 aliphatic rings. The van der Waals surface area contributed by atoms with Gasteiger partial charge in [0.15, 0.2) is 0 Å². The second-order valence-electron chi connectivity index (χ2n) is 7.02. The van der Waals surface area contributed by atoms with Crippen molar-refractivity contribution in [1.82, 2.24) is 4.72 Å². The van der Waals surface area contributed by atoms with Crippen molar-refractivity contribution < 1.29 is 27.1 Å².